The number of hydrogen-bond donors (Lipinski definition) is 1. The van der Waals surface area contributed by atoms with Crippen LogP contribution in [0.5, 0.6) is 0 Å². The number of esters is 1. The van der Waals surface area contributed by atoms with Gasteiger partial charge in [0, 0.05) is 0 Å². The Hall–Kier alpha value is -0.350. The summed E-state index contributed by atoms with van der Waals surface area (Å²) in [5, 5.41) is 0.733. The van der Waals surface area contributed by atoms with Gasteiger partial charge in [-0.15, -0.1) is 0 Å². The molecule has 1 atom stereocenters. The van der Waals surface area contributed by atoms with E-state index >= 15 is 0 Å². The first-order valence-electron chi connectivity index (χ1n) is 6.47. The quantitative estimate of drug-likeness (QED) is 0.357. The Labute approximate surface area is 108 Å². The molecule has 0 heterocycles. The molecule has 1 rings (SSSR count). The van der Waals surface area contributed by atoms with Crippen LogP contribution in [0.2, 0.25) is 0 Å². The maximum atomic E-state index is 11.3. The lowest BCUT2D eigenvalue weighted by molar-refractivity contribution is -0.165. The van der Waals surface area contributed by atoms with Crippen LogP contribution in [-0.4, -0.2) is 23.1 Å². The highest BCUT2D eigenvalue weighted by molar-refractivity contribution is 7.97. The zero-order chi connectivity index (χ0) is 12.7. The van der Waals surface area contributed by atoms with Crippen LogP contribution in [0.3, 0.4) is 0 Å². The van der Waals surface area contributed by atoms with E-state index in [0.717, 1.165) is 5.25 Å². The van der Waals surface area contributed by atoms with Crippen LogP contribution in [0.15, 0.2) is 0 Å². The number of carbonyl (C=O) groups excluding carboxylic acids is 1. The Balaban J connectivity index is 2.20. The number of carbonyl (C=O) groups is 1. The Morgan fingerprint density at radius 3 is 2.47 bits per heavy atom. The van der Waals surface area contributed by atoms with Crippen molar-refractivity contribution in [3.63, 3.8) is 0 Å². The van der Waals surface area contributed by atoms with E-state index in [1.807, 2.05) is 13.8 Å². The lowest BCUT2D eigenvalue weighted by Gasteiger charge is -2.18. The minimum Gasteiger partial charge on any atom is -0.435 e. The molecular formula is C13H24O3S. The fraction of sp³-hybridized carbons (Fsp3) is 0.846. The predicted octanol–water partition coefficient (Wildman–Crippen LogP) is 3.11. The molecule has 1 aliphatic rings. The Morgan fingerprint density at radius 1 is 1.24 bits per heavy atom. The molecule has 0 aliphatic heterocycles. The molecule has 17 heavy (non-hydrogen) atoms. The highest BCUT2D eigenvalue weighted by Crippen LogP contribution is 2.24. The first-order chi connectivity index (χ1) is 8.09. The molecule has 4 heteroatoms. The monoisotopic (exact) mass is 260 g/mol. The van der Waals surface area contributed by atoms with Gasteiger partial charge in [-0.25, -0.2) is 0 Å². The predicted molar refractivity (Wildman–Crippen MR) is 73.4 cm³/mol. The van der Waals surface area contributed by atoms with Gasteiger partial charge in [-0.05, 0) is 25.0 Å². The van der Waals surface area contributed by atoms with Crippen molar-refractivity contribution < 1.29 is 14.3 Å². The van der Waals surface area contributed by atoms with Gasteiger partial charge in [-0.1, -0.05) is 33.1 Å². The summed E-state index contributed by atoms with van der Waals surface area (Å²) in [4.78, 5) is 11.3. The Kier molecular flexibility index (Phi) is 6.82. The lowest BCUT2D eigenvalue weighted by Crippen LogP contribution is -2.21. The van der Waals surface area contributed by atoms with E-state index < -0.39 is 6.29 Å². The standard InChI is InChI=1S/C13H24O3S/c1-10(2)13(14)16-11(3)15-9-17-12-7-5-4-6-8-12/h9-12,17H,4-8H2,1-3H3. The summed E-state index contributed by atoms with van der Waals surface area (Å²) in [5.74, 6) is -0.308. The van der Waals surface area contributed by atoms with Gasteiger partial charge in [0.2, 0.25) is 6.29 Å². The molecule has 0 aromatic rings. The Bertz CT molecular complexity index is 257. The third-order valence-electron chi connectivity index (χ3n) is 2.85. The minimum absolute atomic E-state index is 0.100. The normalized spacial score (nSPS) is 20.2. The van der Waals surface area contributed by atoms with Gasteiger partial charge in [0.25, 0.3) is 0 Å². The summed E-state index contributed by atoms with van der Waals surface area (Å²) >= 11 is 1.22. The van der Waals surface area contributed by atoms with Crippen LogP contribution in [0.1, 0.15) is 52.9 Å². The van der Waals surface area contributed by atoms with E-state index in [4.69, 9.17) is 9.47 Å². The van der Waals surface area contributed by atoms with Crippen molar-refractivity contribution >= 4 is 22.9 Å². The number of hydrogen-bond acceptors (Lipinski definition) is 3. The van der Waals surface area contributed by atoms with E-state index in [0.29, 0.717) is 0 Å². The largest absolute Gasteiger partial charge is 0.435 e. The second-order valence-corrected chi connectivity index (χ2v) is 6.08. The van der Waals surface area contributed by atoms with Gasteiger partial charge >= 0.3 is 5.97 Å². The summed E-state index contributed by atoms with van der Waals surface area (Å²) in [7, 11) is 0. The van der Waals surface area contributed by atoms with E-state index in [-0.39, 0.29) is 11.9 Å². The van der Waals surface area contributed by atoms with Crippen molar-refractivity contribution in [2.24, 2.45) is 5.92 Å². The van der Waals surface area contributed by atoms with Crippen LogP contribution >= 0.6 is 11.4 Å². The number of thiol groups is 1. The van der Waals surface area contributed by atoms with Crippen LogP contribution in [0.25, 0.3) is 0 Å². The summed E-state index contributed by atoms with van der Waals surface area (Å²) < 4.78 is 10.5. The van der Waals surface area contributed by atoms with Crippen molar-refractivity contribution in [3.8, 4) is 0 Å². The molecule has 1 unspecified atom stereocenters. The Morgan fingerprint density at radius 2 is 1.88 bits per heavy atom. The molecular weight excluding hydrogens is 236 g/mol. The number of rotatable bonds is 5. The SMILES string of the molecule is CC(OC=[SH]C1CCCCC1)OC(=O)C(C)C. The third-order valence-corrected chi connectivity index (χ3v) is 4.03. The average molecular weight is 260 g/mol. The molecule has 1 saturated carbocycles. The lowest BCUT2D eigenvalue weighted by atomic mass is 10.0. The molecule has 1 fully saturated rings. The van der Waals surface area contributed by atoms with Crippen LogP contribution in [0.4, 0.5) is 0 Å². The summed E-state index contributed by atoms with van der Waals surface area (Å²) in [6, 6.07) is 0. The molecule has 1 aliphatic carbocycles. The fourth-order valence-corrected chi connectivity index (χ4v) is 2.84. The van der Waals surface area contributed by atoms with E-state index in [2.05, 4.69) is 0 Å². The summed E-state index contributed by atoms with van der Waals surface area (Å²) in [5.41, 5.74) is 1.79. The van der Waals surface area contributed by atoms with Crippen molar-refractivity contribution in [3.05, 3.63) is 0 Å². The zero-order valence-corrected chi connectivity index (χ0v) is 11.9. The van der Waals surface area contributed by atoms with Crippen LogP contribution in [-0.2, 0) is 14.3 Å². The van der Waals surface area contributed by atoms with Gasteiger partial charge < -0.3 is 9.47 Å². The molecule has 0 N–H and O–H groups in total. The maximum absolute atomic E-state index is 11.3. The number of ether oxygens (including phenoxy) is 2. The smallest absolute Gasteiger partial charge is 0.310 e. The summed E-state index contributed by atoms with van der Waals surface area (Å²) in [6.45, 7) is 5.39. The highest BCUT2D eigenvalue weighted by atomic mass is 32.1. The minimum atomic E-state index is -0.471. The van der Waals surface area contributed by atoms with Gasteiger partial charge in [0.05, 0.1) is 11.5 Å². The first-order valence-corrected chi connectivity index (χ1v) is 7.50. The van der Waals surface area contributed by atoms with Gasteiger partial charge in [0.1, 0.15) is 0 Å². The fourth-order valence-electron chi connectivity index (χ4n) is 1.76. The average Bonchev–Trinajstić information content (AvgIpc) is 2.30. The molecule has 0 aromatic heterocycles. The zero-order valence-electron chi connectivity index (χ0n) is 11.0. The second-order valence-electron chi connectivity index (χ2n) is 4.84. The topological polar surface area (TPSA) is 35.5 Å². The van der Waals surface area contributed by atoms with Gasteiger partial charge in [-0.2, -0.15) is 11.4 Å². The molecule has 0 bridgehead atoms. The van der Waals surface area contributed by atoms with Gasteiger partial charge in [-0.3, -0.25) is 4.79 Å². The van der Waals surface area contributed by atoms with E-state index in [1.165, 1.54) is 43.5 Å². The second kappa shape index (κ2) is 7.88. The molecule has 0 radical (unpaired) electrons. The molecule has 0 saturated heterocycles. The van der Waals surface area contributed by atoms with Crippen LogP contribution in [0, 0.1) is 5.92 Å². The van der Waals surface area contributed by atoms with Crippen molar-refractivity contribution in [1.82, 2.24) is 0 Å². The first kappa shape index (κ1) is 14.7. The molecule has 3 nitrogen and oxygen atoms in total. The maximum Gasteiger partial charge on any atom is 0.310 e. The van der Waals surface area contributed by atoms with Crippen molar-refractivity contribution in [2.45, 2.75) is 64.4 Å². The highest BCUT2D eigenvalue weighted by Gasteiger charge is 2.13. The molecule has 0 spiro atoms. The van der Waals surface area contributed by atoms with E-state index in [9.17, 15) is 4.79 Å². The van der Waals surface area contributed by atoms with E-state index in [1.54, 1.807) is 12.5 Å². The molecule has 0 aromatic carbocycles. The third kappa shape index (κ3) is 6.22. The molecule has 100 valence electrons. The van der Waals surface area contributed by atoms with Gasteiger partial charge in [0.15, 0.2) is 0 Å². The van der Waals surface area contributed by atoms with Crippen LogP contribution < -0.4 is 0 Å². The molecule has 0 amide bonds. The summed E-state index contributed by atoms with van der Waals surface area (Å²) in [6.07, 6.45) is 6.16. The van der Waals surface area contributed by atoms with Crippen molar-refractivity contribution in [2.75, 3.05) is 0 Å². The van der Waals surface area contributed by atoms with Crippen molar-refractivity contribution in [1.29, 1.82) is 0 Å².